The molecule has 0 aliphatic heterocycles. The molecule has 5 heteroatoms. The molecule has 0 saturated heterocycles. The maximum atomic E-state index is 11.9. The minimum Gasteiger partial charge on any atom is -1.00 e. The molecule has 242 valence electrons. The molecular formula is C36H75AlMgO3. The summed E-state index contributed by atoms with van der Waals surface area (Å²) in [5.74, 6) is -0.647. The van der Waals surface area contributed by atoms with Gasteiger partial charge in [-0.15, -0.1) is 0 Å². The van der Waals surface area contributed by atoms with Crippen molar-refractivity contribution < 1.29 is 17.2 Å². The van der Waals surface area contributed by atoms with Crippen LogP contribution in [0.5, 0.6) is 0 Å². The molecule has 0 aromatic rings. The topological polar surface area (TPSA) is 43.4 Å². The number of carbonyl (C=O) groups excluding carboxylic acids is 2. The molecule has 0 N–H and O–H groups in total. The average Bonchev–Trinajstić information content (AvgIpc) is 2.93. The third kappa shape index (κ3) is 40.4. The Balaban J connectivity index is -0.00000120. The Kier molecular flexibility index (Phi) is 45.2. The number of esters is 2. The van der Waals surface area contributed by atoms with Crippen LogP contribution in [0, 0.1) is 0 Å². The second-order valence-electron chi connectivity index (χ2n) is 12.2. The van der Waals surface area contributed by atoms with Crippen LogP contribution in [0.2, 0.25) is 0 Å². The molecule has 0 spiro atoms. The van der Waals surface area contributed by atoms with Gasteiger partial charge in [0.15, 0.2) is 17.4 Å². The summed E-state index contributed by atoms with van der Waals surface area (Å²) in [4.78, 5) is 23.8. The normalized spacial score (nSPS) is 10.7. The van der Waals surface area contributed by atoms with Gasteiger partial charge in [0.05, 0.1) is 0 Å². The minimum absolute atomic E-state index is 0. The fourth-order valence-corrected chi connectivity index (χ4v) is 5.51. The quantitative estimate of drug-likeness (QED) is 0.0331. The summed E-state index contributed by atoms with van der Waals surface area (Å²) in [7, 11) is 0. The molecule has 0 radical (unpaired) electrons. The predicted octanol–water partition coefficient (Wildman–Crippen LogP) is 11.2. The van der Waals surface area contributed by atoms with E-state index in [-0.39, 0.29) is 55.2 Å². The van der Waals surface area contributed by atoms with Crippen LogP contribution >= 0.6 is 0 Å². The zero-order valence-corrected chi connectivity index (χ0v) is 29.0. The van der Waals surface area contributed by atoms with Crippen LogP contribution in [-0.4, -0.2) is 52.4 Å². The van der Waals surface area contributed by atoms with Crippen LogP contribution in [0.4, 0.5) is 0 Å². The van der Waals surface area contributed by atoms with Crippen LogP contribution in [-0.2, 0) is 14.3 Å². The fraction of sp³-hybridized carbons (Fsp3) is 0.944. The number of rotatable bonds is 32. The van der Waals surface area contributed by atoms with E-state index < -0.39 is 0 Å². The second kappa shape index (κ2) is 40.4. The SMILES string of the molecule is CCCCCCCCCCCCCCCCCC(=O)OC(=O)CCCCCCCCCCCCCCCCC.[AlH3].[H-].[H-].[Mg+2]. The van der Waals surface area contributed by atoms with Crippen LogP contribution < -0.4 is 0 Å². The van der Waals surface area contributed by atoms with Crippen LogP contribution in [0.1, 0.15) is 222 Å². The Labute approximate surface area is 287 Å². The van der Waals surface area contributed by atoms with E-state index >= 15 is 0 Å². The molecule has 0 aromatic carbocycles. The number of carbonyl (C=O) groups is 2. The Hall–Kier alpha value is 0.439. The van der Waals surface area contributed by atoms with Crippen molar-refractivity contribution in [2.45, 2.75) is 219 Å². The fourth-order valence-electron chi connectivity index (χ4n) is 5.51. The zero-order chi connectivity index (χ0) is 28.5. The zero-order valence-electron chi connectivity index (χ0n) is 29.6. The standard InChI is InChI=1S/C36H70O3.Al.Mg.5H/c1-3-5-7-9-11-13-15-17-19-21-23-25-27-29-31-33-35(37)39-36(38)34-32-30-28-26-24-22-20-18-16-14-12-10-8-6-4-2;;;;;;;/h3-34H2,1-2H3;;;;;;;/q;;+2;;;;2*-1. The van der Waals surface area contributed by atoms with Gasteiger partial charge in [-0.25, -0.2) is 0 Å². The van der Waals surface area contributed by atoms with E-state index in [0.29, 0.717) is 12.8 Å². The first-order valence-corrected chi connectivity index (χ1v) is 17.9. The van der Waals surface area contributed by atoms with Crippen LogP contribution in [0.25, 0.3) is 0 Å². The smallest absolute Gasteiger partial charge is 1.00 e. The third-order valence-electron chi connectivity index (χ3n) is 8.20. The van der Waals surface area contributed by atoms with Crippen molar-refractivity contribution in [2.24, 2.45) is 0 Å². The molecular weight excluding hydrogens is 532 g/mol. The first-order chi connectivity index (χ1) is 19.2. The van der Waals surface area contributed by atoms with Gasteiger partial charge in [-0.05, 0) is 12.8 Å². The molecule has 0 aromatic heterocycles. The summed E-state index contributed by atoms with van der Waals surface area (Å²) in [5, 5.41) is 0. The summed E-state index contributed by atoms with van der Waals surface area (Å²) in [6.07, 6.45) is 40.1. The van der Waals surface area contributed by atoms with Crippen molar-refractivity contribution in [2.75, 3.05) is 0 Å². The first-order valence-electron chi connectivity index (χ1n) is 17.9. The van der Waals surface area contributed by atoms with E-state index in [1.54, 1.807) is 0 Å². The Morgan fingerprint density at radius 1 is 0.366 bits per heavy atom. The number of unbranched alkanes of at least 4 members (excludes halogenated alkanes) is 28. The summed E-state index contributed by atoms with van der Waals surface area (Å²) in [5.41, 5.74) is 0. The largest absolute Gasteiger partial charge is 2.00 e. The minimum atomic E-state index is -0.323. The van der Waals surface area contributed by atoms with Gasteiger partial charge < -0.3 is 7.59 Å². The molecule has 0 saturated carbocycles. The summed E-state index contributed by atoms with van der Waals surface area (Å²) < 4.78 is 5.01. The summed E-state index contributed by atoms with van der Waals surface area (Å²) in [6, 6.07) is 0. The molecule has 41 heavy (non-hydrogen) atoms. The van der Waals surface area contributed by atoms with Crippen molar-refractivity contribution in [3.8, 4) is 0 Å². The number of hydrogen-bond acceptors (Lipinski definition) is 3. The van der Waals surface area contributed by atoms with Crippen molar-refractivity contribution in [3.63, 3.8) is 0 Å². The van der Waals surface area contributed by atoms with Gasteiger partial charge >= 0.3 is 35.0 Å². The first kappa shape index (κ1) is 45.9. The average molecular weight is 607 g/mol. The summed E-state index contributed by atoms with van der Waals surface area (Å²) in [6.45, 7) is 4.55. The molecule has 0 atom stereocenters. The van der Waals surface area contributed by atoms with Crippen molar-refractivity contribution in [3.05, 3.63) is 0 Å². The molecule has 0 heterocycles. The van der Waals surface area contributed by atoms with E-state index in [0.717, 1.165) is 25.7 Å². The van der Waals surface area contributed by atoms with Crippen LogP contribution in [0.3, 0.4) is 0 Å². The molecule has 0 unspecified atom stereocenters. The van der Waals surface area contributed by atoms with E-state index in [4.69, 9.17) is 4.74 Å². The molecule has 0 bridgehead atoms. The van der Waals surface area contributed by atoms with Crippen LogP contribution in [0.15, 0.2) is 0 Å². The van der Waals surface area contributed by atoms with E-state index in [1.165, 1.54) is 167 Å². The van der Waals surface area contributed by atoms with Gasteiger partial charge in [0.25, 0.3) is 0 Å². The monoisotopic (exact) mass is 607 g/mol. The Morgan fingerprint density at radius 3 is 0.732 bits per heavy atom. The van der Waals surface area contributed by atoms with E-state index in [2.05, 4.69) is 13.8 Å². The van der Waals surface area contributed by atoms with Gasteiger partial charge in [-0.2, -0.15) is 0 Å². The predicted molar refractivity (Wildman–Crippen MR) is 188 cm³/mol. The Morgan fingerprint density at radius 2 is 0.537 bits per heavy atom. The van der Waals surface area contributed by atoms with Crippen molar-refractivity contribution in [1.29, 1.82) is 0 Å². The molecule has 0 amide bonds. The van der Waals surface area contributed by atoms with Gasteiger partial charge in [0.2, 0.25) is 0 Å². The molecule has 0 rings (SSSR count). The summed E-state index contributed by atoms with van der Waals surface area (Å²) >= 11 is 0. The maximum Gasteiger partial charge on any atom is 2.00 e. The van der Waals surface area contributed by atoms with E-state index in [9.17, 15) is 9.59 Å². The second-order valence-corrected chi connectivity index (χ2v) is 12.2. The molecule has 0 aliphatic rings. The number of ether oxygens (including phenoxy) is 1. The Bertz CT molecular complexity index is 483. The maximum absolute atomic E-state index is 11.9. The number of hydrogen-bond donors (Lipinski definition) is 0. The third-order valence-corrected chi connectivity index (χ3v) is 8.20. The van der Waals surface area contributed by atoms with E-state index in [1.807, 2.05) is 0 Å². The molecule has 0 fully saturated rings. The van der Waals surface area contributed by atoms with Gasteiger partial charge in [-0.1, -0.05) is 194 Å². The molecule has 3 nitrogen and oxygen atoms in total. The van der Waals surface area contributed by atoms with Crippen molar-refractivity contribution >= 4 is 52.4 Å². The van der Waals surface area contributed by atoms with Gasteiger partial charge in [-0.3, -0.25) is 9.59 Å². The van der Waals surface area contributed by atoms with Crippen molar-refractivity contribution in [1.82, 2.24) is 0 Å². The van der Waals surface area contributed by atoms with Gasteiger partial charge in [0, 0.05) is 12.8 Å². The molecule has 0 aliphatic carbocycles. The van der Waals surface area contributed by atoms with Gasteiger partial charge in [0.1, 0.15) is 0 Å².